The van der Waals surface area contributed by atoms with Gasteiger partial charge in [0.05, 0.1) is 11.7 Å². The molecule has 0 bridgehead atoms. The van der Waals surface area contributed by atoms with E-state index < -0.39 is 0 Å². The minimum atomic E-state index is -0.271. The molecule has 1 atom stereocenters. The van der Waals surface area contributed by atoms with E-state index in [-0.39, 0.29) is 17.7 Å². The number of benzene rings is 1. The van der Waals surface area contributed by atoms with Crippen LogP contribution in [0.5, 0.6) is 0 Å². The molecular weight excluding hydrogens is 396 g/mol. The maximum Gasteiger partial charge on any atom is 0.331 e. The Balaban J connectivity index is 0.000000792. The molecule has 1 rings (SSSR count). The van der Waals surface area contributed by atoms with E-state index in [1.165, 1.54) is 24.0 Å². The number of hydrogen-bond donors (Lipinski definition) is 0. The minimum absolute atomic E-state index is 0.0222. The Morgan fingerprint density at radius 2 is 1.66 bits per heavy atom. The number of ether oxygens (including phenoxy) is 2. The van der Waals surface area contributed by atoms with Crippen LogP contribution in [-0.4, -0.2) is 24.8 Å². The summed E-state index contributed by atoms with van der Waals surface area (Å²) in [6.07, 6.45) is 10.1. The summed E-state index contributed by atoms with van der Waals surface area (Å²) in [4.78, 5) is 11.5. The average molecular weight is 445 g/mol. The van der Waals surface area contributed by atoms with Crippen LogP contribution in [0.3, 0.4) is 0 Å². The maximum absolute atomic E-state index is 11.5. The Bertz CT molecular complexity index is 694. The first-order valence-electron chi connectivity index (χ1n) is 12.0. The average Bonchev–Trinajstić information content (AvgIpc) is 2.68. The molecule has 0 aliphatic carbocycles. The second-order valence-corrected chi connectivity index (χ2v) is 10.0. The van der Waals surface area contributed by atoms with Gasteiger partial charge in [-0.05, 0) is 77.4 Å². The number of methoxy groups -OCH3 is 1. The zero-order valence-corrected chi connectivity index (χ0v) is 22.3. The minimum Gasteiger partial charge on any atom is -0.460 e. The van der Waals surface area contributed by atoms with Crippen molar-refractivity contribution in [1.82, 2.24) is 0 Å². The van der Waals surface area contributed by atoms with Gasteiger partial charge in [-0.1, -0.05) is 75.6 Å². The van der Waals surface area contributed by atoms with Crippen molar-refractivity contribution in [1.29, 1.82) is 0 Å². The van der Waals surface area contributed by atoms with Crippen LogP contribution in [0.15, 0.2) is 48.1 Å². The Morgan fingerprint density at radius 1 is 1.06 bits per heavy atom. The Labute approximate surface area is 198 Å². The normalized spacial score (nSPS) is 13.3. The standard InChI is InChI=1S/C19H34O3.C10H14/c1-15(2)22-18(20)14-17(4)11-8-10-16(3)12-9-13-19(5,6)21-7;1-8(2)10-6-4-9(3)5-7-10/h8,11,14-16H,9-10,12-13H2,1-7H3;4-8H,1-3H3. The lowest BCUT2D eigenvalue weighted by Crippen LogP contribution is -2.22. The van der Waals surface area contributed by atoms with E-state index in [2.05, 4.69) is 71.9 Å². The van der Waals surface area contributed by atoms with Crippen LogP contribution in [0, 0.1) is 12.8 Å². The first-order valence-corrected chi connectivity index (χ1v) is 12.0. The molecule has 182 valence electrons. The van der Waals surface area contributed by atoms with Crippen molar-refractivity contribution in [3.63, 3.8) is 0 Å². The molecule has 3 heteroatoms. The monoisotopic (exact) mass is 444 g/mol. The largest absolute Gasteiger partial charge is 0.460 e. The number of allylic oxidation sites excluding steroid dienone is 3. The molecule has 0 spiro atoms. The second-order valence-electron chi connectivity index (χ2n) is 10.0. The van der Waals surface area contributed by atoms with Crippen LogP contribution in [0.25, 0.3) is 0 Å². The molecular formula is C29H48O3. The summed E-state index contributed by atoms with van der Waals surface area (Å²) >= 11 is 0. The lowest BCUT2D eigenvalue weighted by Gasteiger charge is -2.23. The zero-order valence-electron chi connectivity index (χ0n) is 22.3. The number of hydrogen-bond acceptors (Lipinski definition) is 3. The van der Waals surface area contributed by atoms with Gasteiger partial charge < -0.3 is 9.47 Å². The van der Waals surface area contributed by atoms with Crippen LogP contribution in [0.2, 0.25) is 0 Å². The van der Waals surface area contributed by atoms with Crippen molar-refractivity contribution in [3.05, 3.63) is 59.2 Å². The van der Waals surface area contributed by atoms with Crippen LogP contribution in [0.1, 0.15) is 98.1 Å². The number of rotatable bonds is 11. The van der Waals surface area contributed by atoms with Crippen molar-refractivity contribution in [2.45, 2.75) is 106 Å². The van der Waals surface area contributed by atoms with E-state index in [9.17, 15) is 4.79 Å². The molecule has 1 aromatic carbocycles. The maximum atomic E-state index is 11.5. The van der Waals surface area contributed by atoms with Gasteiger partial charge in [0.2, 0.25) is 0 Å². The number of esters is 1. The van der Waals surface area contributed by atoms with E-state index in [0.717, 1.165) is 18.4 Å². The van der Waals surface area contributed by atoms with E-state index in [4.69, 9.17) is 9.47 Å². The van der Waals surface area contributed by atoms with Gasteiger partial charge >= 0.3 is 5.97 Å². The molecule has 0 aliphatic rings. The predicted octanol–water partition coefficient (Wildman–Crippen LogP) is 8.18. The fourth-order valence-corrected chi connectivity index (χ4v) is 3.03. The second kappa shape index (κ2) is 15.9. The molecule has 0 saturated carbocycles. The summed E-state index contributed by atoms with van der Waals surface area (Å²) in [7, 11) is 1.77. The van der Waals surface area contributed by atoms with E-state index in [0.29, 0.717) is 11.8 Å². The fourth-order valence-electron chi connectivity index (χ4n) is 3.03. The van der Waals surface area contributed by atoms with E-state index in [1.54, 1.807) is 13.2 Å². The van der Waals surface area contributed by atoms with Crippen molar-refractivity contribution in [3.8, 4) is 0 Å². The van der Waals surface area contributed by atoms with Gasteiger partial charge in [-0.3, -0.25) is 0 Å². The molecule has 3 nitrogen and oxygen atoms in total. The Morgan fingerprint density at radius 3 is 2.16 bits per heavy atom. The highest BCUT2D eigenvalue weighted by atomic mass is 16.5. The van der Waals surface area contributed by atoms with Crippen molar-refractivity contribution in [2.24, 2.45) is 5.92 Å². The summed E-state index contributed by atoms with van der Waals surface area (Å²) in [5, 5.41) is 0. The summed E-state index contributed by atoms with van der Waals surface area (Å²) in [6, 6.07) is 8.71. The third kappa shape index (κ3) is 15.9. The zero-order chi connectivity index (χ0) is 24.7. The quantitative estimate of drug-likeness (QED) is 0.196. The van der Waals surface area contributed by atoms with Crippen LogP contribution < -0.4 is 0 Å². The molecule has 0 aromatic heterocycles. The highest BCUT2D eigenvalue weighted by molar-refractivity contribution is 5.83. The lowest BCUT2D eigenvalue weighted by molar-refractivity contribution is -0.141. The summed E-state index contributed by atoms with van der Waals surface area (Å²) in [6.45, 7) is 18.7. The number of carbonyl (C=O) groups is 1. The third-order valence-electron chi connectivity index (χ3n) is 5.39. The molecule has 1 unspecified atom stereocenters. The fraction of sp³-hybridized carbons (Fsp3) is 0.621. The summed E-state index contributed by atoms with van der Waals surface area (Å²) in [5.41, 5.74) is 3.67. The Hall–Kier alpha value is -1.87. The molecule has 0 N–H and O–H groups in total. The number of aryl methyl sites for hydroxylation is 1. The van der Waals surface area contributed by atoms with Gasteiger partial charge in [0.1, 0.15) is 0 Å². The molecule has 1 aromatic rings. The lowest BCUT2D eigenvalue weighted by atomic mass is 9.95. The highest BCUT2D eigenvalue weighted by Crippen LogP contribution is 2.20. The molecule has 32 heavy (non-hydrogen) atoms. The van der Waals surface area contributed by atoms with Gasteiger partial charge in [0, 0.05) is 13.2 Å². The number of carbonyl (C=O) groups excluding carboxylic acids is 1. The predicted molar refractivity (Wildman–Crippen MR) is 138 cm³/mol. The molecule has 0 amide bonds. The van der Waals surface area contributed by atoms with Gasteiger partial charge in [-0.25, -0.2) is 4.79 Å². The topological polar surface area (TPSA) is 35.5 Å². The third-order valence-corrected chi connectivity index (χ3v) is 5.39. The highest BCUT2D eigenvalue weighted by Gasteiger charge is 2.15. The first kappa shape index (κ1) is 30.1. The molecule has 0 aliphatic heterocycles. The van der Waals surface area contributed by atoms with Crippen molar-refractivity contribution >= 4 is 5.97 Å². The molecule has 0 fully saturated rings. The van der Waals surface area contributed by atoms with Crippen molar-refractivity contribution in [2.75, 3.05) is 7.11 Å². The van der Waals surface area contributed by atoms with E-state index >= 15 is 0 Å². The SMILES string of the molecule is COC(C)(C)CCCC(C)CC=CC(C)=CC(=O)OC(C)C.Cc1ccc(C(C)C)cc1. The van der Waals surface area contributed by atoms with Gasteiger partial charge in [-0.2, -0.15) is 0 Å². The van der Waals surface area contributed by atoms with Crippen LogP contribution in [-0.2, 0) is 14.3 Å². The van der Waals surface area contributed by atoms with E-state index in [1.807, 2.05) is 26.8 Å². The first-order chi connectivity index (χ1) is 14.9. The summed E-state index contributed by atoms with van der Waals surface area (Å²) in [5.74, 6) is 1.02. The van der Waals surface area contributed by atoms with Crippen molar-refractivity contribution < 1.29 is 14.3 Å². The smallest absolute Gasteiger partial charge is 0.331 e. The van der Waals surface area contributed by atoms with Gasteiger partial charge in [-0.15, -0.1) is 0 Å². The Kier molecular flexibility index (Phi) is 14.9. The van der Waals surface area contributed by atoms with Crippen LogP contribution in [0.4, 0.5) is 0 Å². The molecule has 0 radical (unpaired) electrons. The van der Waals surface area contributed by atoms with Gasteiger partial charge in [0.15, 0.2) is 0 Å². The molecule has 0 heterocycles. The van der Waals surface area contributed by atoms with Gasteiger partial charge in [0.25, 0.3) is 0 Å². The summed E-state index contributed by atoms with van der Waals surface area (Å²) < 4.78 is 10.5. The molecule has 0 saturated heterocycles. The van der Waals surface area contributed by atoms with Crippen LogP contribution >= 0.6 is 0 Å².